The molecule has 4 nitrogen and oxygen atoms in total. The highest BCUT2D eigenvalue weighted by Gasteiger charge is 2.48. The Morgan fingerprint density at radius 1 is 1.64 bits per heavy atom. The standard InChI is InChI=1S/C10H17N3O/c1-10(2)5-6-3-7(10)4-8(6)12-13-9(11)14/h6-7H,3-5H2,1-2H3,(H3,11,13,14)/b12-8+. The summed E-state index contributed by atoms with van der Waals surface area (Å²) in [7, 11) is 0. The number of carbonyl (C=O) groups is 1. The van der Waals surface area contributed by atoms with Gasteiger partial charge in [0.25, 0.3) is 0 Å². The number of urea groups is 1. The summed E-state index contributed by atoms with van der Waals surface area (Å²) in [5.41, 5.74) is 8.88. The Morgan fingerprint density at radius 2 is 2.36 bits per heavy atom. The van der Waals surface area contributed by atoms with E-state index in [1.165, 1.54) is 12.8 Å². The van der Waals surface area contributed by atoms with Gasteiger partial charge in [-0.25, -0.2) is 10.2 Å². The molecule has 2 rings (SSSR count). The van der Waals surface area contributed by atoms with Crippen molar-refractivity contribution < 1.29 is 4.79 Å². The van der Waals surface area contributed by atoms with Gasteiger partial charge in [0.15, 0.2) is 0 Å². The van der Waals surface area contributed by atoms with Gasteiger partial charge in [0, 0.05) is 5.71 Å². The molecule has 14 heavy (non-hydrogen) atoms. The maximum Gasteiger partial charge on any atom is 0.332 e. The SMILES string of the molecule is CC1(C)CC2CC1C/C2=N\NC(N)=O. The van der Waals surface area contributed by atoms with Crippen LogP contribution in [0.1, 0.15) is 33.1 Å². The first-order valence-corrected chi connectivity index (χ1v) is 5.11. The summed E-state index contributed by atoms with van der Waals surface area (Å²) in [6, 6.07) is -0.570. The van der Waals surface area contributed by atoms with Crippen LogP contribution in [0.25, 0.3) is 0 Å². The Labute approximate surface area is 83.9 Å². The predicted octanol–water partition coefficient (Wildman–Crippen LogP) is 1.47. The summed E-state index contributed by atoms with van der Waals surface area (Å²) in [6.45, 7) is 4.63. The molecule has 3 N–H and O–H groups in total. The van der Waals surface area contributed by atoms with Crippen molar-refractivity contribution in [2.24, 2.45) is 28.1 Å². The van der Waals surface area contributed by atoms with Gasteiger partial charge in [-0.3, -0.25) is 0 Å². The van der Waals surface area contributed by atoms with Crippen molar-refractivity contribution in [3.05, 3.63) is 0 Å². The summed E-state index contributed by atoms with van der Waals surface area (Å²) >= 11 is 0. The molecule has 2 atom stereocenters. The van der Waals surface area contributed by atoms with E-state index in [2.05, 4.69) is 24.4 Å². The van der Waals surface area contributed by atoms with Gasteiger partial charge in [-0.2, -0.15) is 5.10 Å². The molecule has 2 aliphatic rings. The Morgan fingerprint density at radius 3 is 2.79 bits per heavy atom. The number of carbonyl (C=O) groups excluding carboxylic acids is 1. The van der Waals surface area contributed by atoms with Gasteiger partial charge < -0.3 is 5.73 Å². The van der Waals surface area contributed by atoms with Crippen molar-refractivity contribution in [3.63, 3.8) is 0 Å². The summed E-state index contributed by atoms with van der Waals surface area (Å²) in [4.78, 5) is 10.5. The number of hydrogen-bond donors (Lipinski definition) is 2. The van der Waals surface area contributed by atoms with Gasteiger partial charge in [-0.1, -0.05) is 13.8 Å². The van der Waals surface area contributed by atoms with Crippen molar-refractivity contribution in [1.29, 1.82) is 0 Å². The highest BCUT2D eigenvalue weighted by molar-refractivity contribution is 5.91. The Balaban J connectivity index is 2.03. The van der Waals surface area contributed by atoms with Crippen LogP contribution in [0.3, 0.4) is 0 Å². The lowest BCUT2D eigenvalue weighted by Crippen LogP contribution is -2.29. The molecule has 0 aliphatic heterocycles. The highest BCUT2D eigenvalue weighted by atomic mass is 16.2. The molecule has 0 spiro atoms. The fourth-order valence-electron chi connectivity index (χ4n) is 2.84. The van der Waals surface area contributed by atoms with E-state index in [-0.39, 0.29) is 0 Å². The number of hydrogen-bond acceptors (Lipinski definition) is 2. The second-order valence-electron chi connectivity index (χ2n) is 5.11. The number of nitrogens with one attached hydrogen (secondary N) is 1. The van der Waals surface area contributed by atoms with Crippen LogP contribution >= 0.6 is 0 Å². The van der Waals surface area contributed by atoms with Crippen LogP contribution < -0.4 is 11.2 Å². The van der Waals surface area contributed by atoms with Gasteiger partial charge >= 0.3 is 6.03 Å². The molecule has 0 radical (unpaired) electrons. The Hall–Kier alpha value is -1.06. The zero-order chi connectivity index (χ0) is 10.3. The van der Waals surface area contributed by atoms with Gasteiger partial charge in [-0.05, 0) is 36.5 Å². The minimum absolute atomic E-state index is 0.455. The zero-order valence-electron chi connectivity index (χ0n) is 8.71. The molecular weight excluding hydrogens is 178 g/mol. The average Bonchev–Trinajstić information content (AvgIpc) is 2.55. The average molecular weight is 195 g/mol. The number of rotatable bonds is 1. The minimum Gasteiger partial charge on any atom is -0.350 e. The predicted molar refractivity (Wildman–Crippen MR) is 54.8 cm³/mol. The summed E-state index contributed by atoms with van der Waals surface area (Å²) in [5, 5.41) is 4.06. The molecular formula is C10H17N3O. The van der Waals surface area contributed by atoms with E-state index in [0.717, 1.165) is 18.1 Å². The Kier molecular flexibility index (Phi) is 2.01. The van der Waals surface area contributed by atoms with Crippen LogP contribution in [-0.4, -0.2) is 11.7 Å². The fraction of sp³-hybridized carbons (Fsp3) is 0.800. The van der Waals surface area contributed by atoms with Crippen LogP contribution in [0.15, 0.2) is 5.10 Å². The van der Waals surface area contributed by atoms with Crippen molar-refractivity contribution >= 4 is 11.7 Å². The van der Waals surface area contributed by atoms with Crippen LogP contribution in [-0.2, 0) is 0 Å². The molecule has 4 heteroatoms. The molecule has 0 aromatic rings. The molecule has 0 saturated heterocycles. The van der Waals surface area contributed by atoms with Gasteiger partial charge in [-0.15, -0.1) is 0 Å². The van der Waals surface area contributed by atoms with E-state index in [1.54, 1.807) is 0 Å². The smallest absolute Gasteiger partial charge is 0.332 e. The molecule has 2 bridgehead atoms. The number of nitrogens with zero attached hydrogens (tertiary/aromatic N) is 1. The minimum atomic E-state index is -0.570. The molecule has 0 heterocycles. The van der Waals surface area contributed by atoms with E-state index >= 15 is 0 Å². The van der Waals surface area contributed by atoms with Gasteiger partial charge in [0.2, 0.25) is 0 Å². The maximum atomic E-state index is 10.5. The second kappa shape index (κ2) is 2.97. The molecule has 2 fully saturated rings. The van der Waals surface area contributed by atoms with Gasteiger partial charge in [0.05, 0.1) is 0 Å². The summed E-state index contributed by atoms with van der Waals surface area (Å²) < 4.78 is 0. The Bertz CT molecular complexity index is 296. The van der Waals surface area contributed by atoms with E-state index < -0.39 is 6.03 Å². The van der Waals surface area contributed by atoms with Crippen molar-refractivity contribution in [2.45, 2.75) is 33.1 Å². The zero-order valence-corrected chi connectivity index (χ0v) is 8.71. The largest absolute Gasteiger partial charge is 0.350 e. The highest BCUT2D eigenvalue weighted by Crippen LogP contribution is 2.54. The van der Waals surface area contributed by atoms with Crippen molar-refractivity contribution in [1.82, 2.24) is 5.43 Å². The summed E-state index contributed by atoms with van der Waals surface area (Å²) in [6.07, 6.45) is 3.45. The van der Waals surface area contributed by atoms with Crippen LogP contribution in [0.4, 0.5) is 4.79 Å². The maximum absolute atomic E-state index is 10.5. The number of hydrazone groups is 1. The quantitative estimate of drug-likeness (QED) is 0.611. The van der Waals surface area contributed by atoms with Crippen molar-refractivity contribution in [2.75, 3.05) is 0 Å². The lowest BCUT2D eigenvalue weighted by Gasteiger charge is -2.29. The molecule has 78 valence electrons. The molecule has 0 aromatic carbocycles. The normalized spacial score (nSPS) is 36.3. The molecule has 2 aliphatic carbocycles. The lowest BCUT2D eigenvalue weighted by atomic mass is 9.76. The number of amides is 2. The van der Waals surface area contributed by atoms with Crippen molar-refractivity contribution in [3.8, 4) is 0 Å². The fourth-order valence-corrected chi connectivity index (χ4v) is 2.84. The monoisotopic (exact) mass is 195 g/mol. The first-order valence-electron chi connectivity index (χ1n) is 5.11. The van der Waals surface area contributed by atoms with E-state index in [9.17, 15) is 4.79 Å². The van der Waals surface area contributed by atoms with E-state index in [4.69, 9.17) is 5.73 Å². The third-order valence-corrected chi connectivity index (χ3v) is 3.68. The third-order valence-electron chi connectivity index (χ3n) is 3.68. The lowest BCUT2D eigenvalue weighted by molar-refractivity contribution is 0.248. The molecule has 2 unspecified atom stereocenters. The van der Waals surface area contributed by atoms with E-state index in [0.29, 0.717) is 11.3 Å². The molecule has 0 aromatic heterocycles. The third kappa shape index (κ3) is 1.49. The van der Waals surface area contributed by atoms with E-state index in [1.807, 2.05) is 0 Å². The first kappa shape index (κ1) is 9.49. The van der Waals surface area contributed by atoms with Crippen LogP contribution in [0.2, 0.25) is 0 Å². The van der Waals surface area contributed by atoms with Gasteiger partial charge in [0.1, 0.15) is 0 Å². The molecule has 2 amide bonds. The summed E-state index contributed by atoms with van der Waals surface area (Å²) in [5.74, 6) is 1.31. The first-order chi connectivity index (χ1) is 6.49. The molecule has 2 saturated carbocycles. The van der Waals surface area contributed by atoms with Crippen LogP contribution in [0, 0.1) is 17.3 Å². The van der Waals surface area contributed by atoms with Crippen LogP contribution in [0.5, 0.6) is 0 Å². The number of fused-ring (bicyclic) bond motifs is 2. The second-order valence-corrected chi connectivity index (χ2v) is 5.11. The topological polar surface area (TPSA) is 67.5 Å². The number of nitrogens with two attached hydrogens (primary N) is 1. The number of primary amides is 1.